The van der Waals surface area contributed by atoms with Crippen molar-refractivity contribution in [2.75, 3.05) is 0 Å². The van der Waals surface area contributed by atoms with Crippen molar-refractivity contribution in [3.63, 3.8) is 0 Å². The fourth-order valence-corrected chi connectivity index (χ4v) is 2.90. The zero-order valence-electron chi connectivity index (χ0n) is 15.3. The van der Waals surface area contributed by atoms with E-state index in [2.05, 4.69) is 5.32 Å². The lowest BCUT2D eigenvalue weighted by Crippen LogP contribution is -2.53. The summed E-state index contributed by atoms with van der Waals surface area (Å²) in [6.45, 7) is -0.123. The van der Waals surface area contributed by atoms with E-state index in [0.717, 1.165) is 4.90 Å². The second kappa shape index (κ2) is 7.55. The summed E-state index contributed by atoms with van der Waals surface area (Å²) in [4.78, 5) is 48.7. The summed E-state index contributed by atoms with van der Waals surface area (Å²) in [6.07, 6.45) is 2.66. The molecule has 30 heavy (non-hydrogen) atoms. The molecule has 150 valence electrons. The van der Waals surface area contributed by atoms with Crippen molar-refractivity contribution in [1.82, 2.24) is 10.2 Å². The molecule has 1 aromatic carbocycles. The predicted octanol–water partition coefficient (Wildman–Crippen LogP) is 2.90. The maximum Gasteiger partial charge on any atom is 0.335 e. The van der Waals surface area contributed by atoms with Crippen LogP contribution in [0.25, 0.3) is 17.4 Å². The summed E-state index contributed by atoms with van der Waals surface area (Å²) in [6, 6.07) is 11.6. The van der Waals surface area contributed by atoms with Gasteiger partial charge in [-0.3, -0.25) is 19.8 Å². The van der Waals surface area contributed by atoms with E-state index < -0.39 is 23.8 Å². The topological polar surface area (TPSA) is 130 Å². The van der Waals surface area contributed by atoms with Gasteiger partial charge in [0.05, 0.1) is 18.4 Å². The number of nitrogens with one attached hydrogen (secondary N) is 1. The monoisotopic (exact) mass is 406 g/mol. The number of imide groups is 2. The molecule has 2 N–H and O–H groups in total. The Bertz CT molecular complexity index is 1170. The summed E-state index contributed by atoms with van der Waals surface area (Å²) >= 11 is 0. The molecule has 0 radical (unpaired) electrons. The van der Waals surface area contributed by atoms with E-state index in [1.807, 2.05) is 0 Å². The van der Waals surface area contributed by atoms with Gasteiger partial charge in [0.25, 0.3) is 11.8 Å². The number of nitrogens with zero attached hydrogens (tertiary/aromatic N) is 1. The molecule has 1 saturated heterocycles. The van der Waals surface area contributed by atoms with Crippen LogP contribution in [0, 0.1) is 0 Å². The number of carbonyl (C=O) groups excluding carboxylic acids is 3. The van der Waals surface area contributed by atoms with Crippen LogP contribution in [-0.4, -0.2) is 33.8 Å². The quantitative estimate of drug-likeness (QED) is 0.492. The number of barbiturate groups is 1. The number of hydrogen-bond acceptors (Lipinski definition) is 6. The van der Waals surface area contributed by atoms with E-state index in [-0.39, 0.29) is 23.4 Å². The molecule has 3 heterocycles. The Kier molecular flexibility index (Phi) is 4.77. The first-order valence-corrected chi connectivity index (χ1v) is 8.77. The van der Waals surface area contributed by atoms with Gasteiger partial charge in [-0.25, -0.2) is 9.59 Å². The van der Waals surface area contributed by atoms with Gasteiger partial charge in [-0.1, -0.05) is 12.1 Å². The number of carbonyl (C=O) groups is 4. The molecule has 9 heteroatoms. The van der Waals surface area contributed by atoms with Crippen molar-refractivity contribution in [3.05, 3.63) is 77.5 Å². The van der Waals surface area contributed by atoms with Crippen LogP contribution >= 0.6 is 0 Å². The molecular formula is C21H14N2O7. The first-order valence-electron chi connectivity index (χ1n) is 8.77. The highest BCUT2D eigenvalue weighted by Gasteiger charge is 2.36. The van der Waals surface area contributed by atoms with Crippen molar-refractivity contribution in [2.24, 2.45) is 0 Å². The molecule has 0 atom stereocenters. The van der Waals surface area contributed by atoms with Gasteiger partial charge >= 0.3 is 12.0 Å². The van der Waals surface area contributed by atoms with E-state index in [9.17, 15) is 19.2 Å². The van der Waals surface area contributed by atoms with Crippen LogP contribution in [0.4, 0.5) is 4.79 Å². The van der Waals surface area contributed by atoms with Crippen LogP contribution in [-0.2, 0) is 16.1 Å². The van der Waals surface area contributed by atoms with E-state index in [1.165, 1.54) is 24.5 Å². The smallest absolute Gasteiger partial charge is 0.335 e. The fourth-order valence-electron chi connectivity index (χ4n) is 2.90. The Labute approximate surface area is 169 Å². The number of hydrogen-bond donors (Lipinski definition) is 2. The average molecular weight is 406 g/mol. The maximum atomic E-state index is 12.7. The van der Waals surface area contributed by atoms with E-state index in [4.69, 9.17) is 13.9 Å². The molecule has 1 aliphatic rings. The van der Waals surface area contributed by atoms with E-state index in [1.54, 1.807) is 36.4 Å². The molecule has 0 bridgehead atoms. The van der Waals surface area contributed by atoms with Crippen LogP contribution in [0.1, 0.15) is 21.9 Å². The molecule has 4 amide bonds. The number of carboxylic acid groups (broad SMARTS) is 1. The molecule has 2 aromatic heterocycles. The first kappa shape index (κ1) is 18.9. The van der Waals surface area contributed by atoms with Gasteiger partial charge < -0.3 is 13.9 Å². The summed E-state index contributed by atoms with van der Waals surface area (Å²) in [5.41, 5.74) is 0.500. The van der Waals surface area contributed by atoms with Crippen LogP contribution < -0.4 is 5.32 Å². The highest BCUT2D eigenvalue weighted by molar-refractivity contribution is 6.30. The number of rotatable bonds is 5. The lowest BCUT2D eigenvalue weighted by Gasteiger charge is -2.25. The van der Waals surface area contributed by atoms with Gasteiger partial charge in [-0.2, -0.15) is 0 Å². The van der Waals surface area contributed by atoms with Crippen LogP contribution in [0.2, 0.25) is 0 Å². The highest BCUT2D eigenvalue weighted by atomic mass is 16.4. The lowest BCUT2D eigenvalue weighted by molar-refractivity contribution is -0.130. The third kappa shape index (κ3) is 3.63. The molecule has 0 spiro atoms. The third-order valence-corrected chi connectivity index (χ3v) is 4.41. The molecule has 3 aromatic rings. The van der Waals surface area contributed by atoms with Crippen molar-refractivity contribution >= 4 is 29.9 Å². The van der Waals surface area contributed by atoms with Gasteiger partial charge in [0, 0.05) is 5.56 Å². The first-order chi connectivity index (χ1) is 14.4. The number of benzene rings is 1. The van der Waals surface area contributed by atoms with Crippen molar-refractivity contribution in [2.45, 2.75) is 6.54 Å². The van der Waals surface area contributed by atoms with Crippen molar-refractivity contribution in [1.29, 1.82) is 0 Å². The zero-order valence-corrected chi connectivity index (χ0v) is 15.3. The Morgan fingerprint density at radius 3 is 2.50 bits per heavy atom. The van der Waals surface area contributed by atoms with Gasteiger partial charge in [-0.15, -0.1) is 0 Å². The minimum absolute atomic E-state index is 0.123. The third-order valence-electron chi connectivity index (χ3n) is 4.41. The SMILES string of the molecule is O=C1NC(=O)N(Cc2ccco2)C(=O)/C1=C\c1ccc(-c2ccc(C(=O)O)cc2)o1. The second-order valence-corrected chi connectivity index (χ2v) is 6.37. The Hall–Kier alpha value is -4.40. The van der Waals surface area contributed by atoms with Crippen LogP contribution in [0.3, 0.4) is 0 Å². The fraction of sp³-hybridized carbons (Fsp3) is 0.0476. The minimum Gasteiger partial charge on any atom is -0.478 e. The predicted molar refractivity (Wildman–Crippen MR) is 102 cm³/mol. The van der Waals surface area contributed by atoms with Gasteiger partial charge in [0.15, 0.2) is 0 Å². The van der Waals surface area contributed by atoms with Crippen LogP contribution in [0.5, 0.6) is 0 Å². The highest BCUT2D eigenvalue weighted by Crippen LogP contribution is 2.25. The molecule has 0 aliphatic carbocycles. The van der Waals surface area contributed by atoms with Crippen molar-refractivity contribution < 1.29 is 33.1 Å². The number of urea groups is 1. The van der Waals surface area contributed by atoms with E-state index >= 15 is 0 Å². The normalized spacial score (nSPS) is 15.5. The zero-order chi connectivity index (χ0) is 21.3. The minimum atomic E-state index is -1.04. The largest absolute Gasteiger partial charge is 0.478 e. The number of furan rings is 2. The van der Waals surface area contributed by atoms with Crippen LogP contribution in [0.15, 0.2) is 69.2 Å². The number of carboxylic acids is 1. The standard InChI is InChI=1S/C21H14N2O7/c24-18-16(19(25)23(21(28)22-18)11-15-2-1-9-29-15)10-14-7-8-17(30-14)12-3-5-13(6-4-12)20(26)27/h1-10H,11H2,(H,26,27)(H,22,24,28)/b16-10-. The summed E-state index contributed by atoms with van der Waals surface area (Å²) in [5, 5.41) is 11.1. The molecular weight excluding hydrogens is 392 g/mol. The molecule has 4 rings (SSSR count). The molecule has 0 saturated carbocycles. The average Bonchev–Trinajstić information content (AvgIpc) is 3.40. The lowest BCUT2D eigenvalue weighted by atomic mass is 10.1. The number of aromatic carboxylic acids is 1. The number of amides is 4. The summed E-state index contributed by atoms with van der Waals surface area (Å²) in [7, 11) is 0. The summed E-state index contributed by atoms with van der Waals surface area (Å²) < 4.78 is 10.8. The summed E-state index contributed by atoms with van der Waals surface area (Å²) in [5.74, 6) is -1.61. The molecule has 1 fully saturated rings. The van der Waals surface area contributed by atoms with E-state index in [0.29, 0.717) is 17.1 Å². The second-order valence-electron chi connectivity index (χ2n) is 6.37. The Morgan fingerprint density at radius 2 is 1.83 bits per heavy atom. The molecule has 9 nitrogen and oxygen atoms in total. The molecule has 0 unspecified atom stereocenters. The molecule has 1 aliphatic heterocycles. The van der Waals surface area contributed by atoms with Crippen molar-refractivity contribution in [3.8, 4) is 11.3 Å². The maximum absolute atomic E-state index is 12.7. The van der Waals surface area contributed by atoms with Gasteiger partial charge in [0.2, 0.25) is 0 Å². The Balaban J connectivity index is 1.59. The van der Waals surface area contributed by atoms with Gasteiger partial charge in [-0.05, 0) is 42.5 Å². The Morgan fingerprint density at radius 1 is 1.07 bits per heavy atom. The van der Waals surface area contributed by atoms with Gasteiger partial charge in [0.1, 0.15) is 22.9 Å².